The Kier molecular flexibility index (Phi) is 4.74. The standard InChI is InChI=1S/C22H24N2O2/c25-21-14-20(16-23(21)12-10-17-6-2-1-3-7-17)22(26)24-13-11-18-8-4-5-9-19(18)15-24/h1-9,20H,10-16H2. The molecule has 134 valence electrons. The second-order valence-corrected chi connectivity index (χ2v) is 7.25. The summed E-state index contributed by atoms with van der Waals surface area (Å²) in [5.74, 6) is 0.0512. The van der Waals surface area contributed by atoms with Crippen LogP contribution >= 0.6 is 0 Å². The van der Waals surface area contributed by atoms with Crippen molar-refractivity contribution in [1.29, 1.82) is 0 Å². The van der Waals surface area contributed by atoms with E-state index in [1.807, 2.05) is 34.1 Å². The first kappa shape index (κ1) is 16.8. The van der Waals surface area contributed by atoms with E-state index in [2.05, 4.69) is 30.3 Å². The van der Waals surface area contributed by atoms with Gasteiger partial charge < -0.3 is 9.80 Å². The summed E-state index contributed by atoms with van der Waals surface area (Å²) in [7, 11) is 0. The Labute approximate surface area is 154 Å². The SMILES string of the molecule is O=C1CC(C(=O)N2CCc3ccccc3C2)CN1CCc1ccccc1. The maximum atomic E-state index is 12.9. The van der Waals surface area contributed by atoms with Crippen LogP contribution in [0.4, 0.5) is 0 Å². The first-order chi connectivity index (χ1) is 12.7. The molecule has 4 rings (SSSR count). The largest absolute Gasteiger partial charge is 0.342 e. The molecule has 0 spiro atoms. The molecule has 1 unspecified atom stereocenters. The fraction of sp³-hybridized carbons (Fsp3) is 0.364. The first-order valence-corrected chi connectivity index (χ1v) is 9.38. The molecule has 1 fully saturated rings. The van der Waals surface area contributed by atoms with Gasteiger partial charge in [0.25, 0.3) is 0 Å². The van der Waals surface area contributed by atoms with Gasteiger partial charge >= 0.3 is 0 Å². The lowest BCUT2D eigenvalue weighted by molar-refractivity contribution is -0.136. The Hall–Kier alpha value is -2.62. The predicted octanol–water partition coefficient (Wildman–Crippen LogP) is 2.66. The van der Waals surface area contributed by atoms with Crippen LogP contribution < -0.4 is 0 Å². The van der Waals surface area contributed by atoms with Crippen molar-refractivity contribution in [2.45, 2.75) is 25.8 Å². The van der Waals surface area contributed by atoms with Crippen molar-refractivity contribution in [2.75, 3.05) is 19.6 Å². The molecular formula is C22H24N2O2. The van der Waals surface area contributed by atoms with E-state index in [0.29, 0.717) is 26.1 Å². The van der Waals surface area contributed by atoms with Gasteiger partial charge in [0.15, 0.2) is 0 Å². The molecule has 2 aliphatic rings. The van der Waals surface area contributed by atoms with E-state index >= 15 is 0 Å². The Morgan fingerprint density at radius 3 is 2.54 bits per heavy atom. The average molecular weight is 348 g/mol. The zero-order chi connectivity index (χ0) is 17.9. The van der Waals surface area contributed by atoms with Gasteiger partial charge in [0.05, 0.1) is 5.92 Å². The summed E-state index contributed by atoms with van der Waals surface area (Å²) in [4.78, 5) is 29.1. The number of benzene rings is 2. The Bertz CT molecular complexity index is 803. The lowest BCUT2D eigenvalue weighted by atomic mass is 9.98. The molecule has 2 amide bonds. The predicted molar refractivity (Wildman–Crippen MR) is 100 cm³/mol. The third-order valence-corrected chi connectivity index (χ3v) is 5.52. The van der Waals surface area contributed by atoms with E-state index in [0.717, 1.165) is 19.4 Å². The second-order valence-electron chi connectivity index (χ2n) is 7.25. The van der Waals surface area contributed by atoms with Crippen LogP contribution in [-0.2, 0) is 29.0 Å². The van der Waals surface area contributed by atoms with Gasteiger partial charge in [-0.25, -0.2) is 0 Å². The van der Waals surface area contributed by atoms with Gasteiger partial charge in [0.1, 0.15) is 0 Å². The highest BCUT2D eigenvalue weighted by Gasteiger charge is 2.36. The molecule has 4 nitrogen and oxygen atoms in total. The fourth-order valence-electron chi connectivity index (χ4n) is 4.00. The van der Waals surface area contributed by atoms with Crippen molar-refractivity contribution in [2.24, 2.45) is 5.92 Å². The summed E-state index contributed by atoms with van der Waals surface area (Å²) in [6.45, 7) is 2.67. The third kappa shape index (κ3) is 3.50. The number of hydrogen-bond acceptors (Lipinski definition) is 2. The molecule has 2 heterocycles. The summed E-state index contributed by atoms with van der Waals surface area (Å²) in [5.41, 5.74) is 3.80. The number of rotatable bonds is 4. The maximum Gasteiger partial charge on any atom is 0.228 e. The van der Waals surface area contributed by atoms with E-state index in [1.54, 1.807) is 0 Å². The molecule has 2 aromatic rings. The van der Waals surface area contributed by atoms with Crippen molar-refractivity contribution < 1.29 is 9.59 Å². The highest BCUT2D eigenvalue weighted by molar-refractivity contribution is 5.89. The Morgan fingerprint density at radius 1 is 1.00 bits per heavy atom. The van der Waals surface area contributed by atoms with Crippen LogP contribution in [0.2, 0.25) is 0 Å². The quantitative estimate of drug-likeness (QED) is 0.852. The van der Waals surface area contributed by atoms with Gasteiger partial charge in [-0.15, -0.1) is 0 Å². The number of nitrogens with zero attached hydrogens (tertiary/aromatic N) is 2. The highest BCUT2D eigenvalue weighted by Crippen LogP contribution is 2.25. The summed E-state index contributed by atoms with van der Waals surface area (Å²) in [6.07, 6.45) is 2.09. The number of likely N-dealkylation sites (tertiary alicyclic amines) is 1. The molecule has 4 heteroatoms. The van der Waals surface area contributed by atoms with Crippen LogP contribution in [0.5, 0.6) is 0 Å². The maximum absolute atomic E-state index is 12.9. The highest BCUT2D eigenvalue weighted by atomic mass is 16.2. The molecule has 0 N–H and O–H groups in total. The van der Waals surface area contributed by atoms with Gasteiger partial charge in [0.2, 0.25) is 11.8 Å². The third-order valence-electron chi connectivity index (χ3n) is 5.52. The lowest BCUT2D eigenvalue weighted by Gasteiger charge is -2.30. The number of amides is 2. The Morgan fingerprint density at radius 2 is 1.73 bits per heavy atom. The zero-order valence-corrected chi connectivity index (χ0v) is 14.9. The summed E-state index contributed by atoms with van der Waals surface area (Å²) in [5, 5.41) is 0. The minimum atomic E-state index is -0.191. The van der Waals surface area contributed by atoms with Crippen molar-refractivity contribution in [1.82, 2.24) is 9.80 Å². The summed E-state index contributed by atoms with van der Waals surface area (Å²) < 4.78 is 0. The van der Waals surface area contributed by atoms with E-state index in [-0.39, 0.29) is 17.7 Å². The summed E-state index contributed by atoms with van der Waals surface area (Å²) in [6, 6.07) is 18.5. The van der Waals surface area contributed by atoms with Gasteiger partial charge in [-0.1, -0.05) is 54.6 Å². The molecule has 2 aromatic carbocycles. The average Bonchev–Trinajstić information content (AvgIpc) is 3.07. The van der Waals surface area contributed by atoms with Crippen LogP contribution in [-0.4, -0.2) is 41.2 Å². The molecule has 2 aliphatic heterocycles. The first-order valence-electron chi connectivity index (χ1n) is 9.38. The lowest BCUT2D eigenvalue weighted by Crippen LogP contribution is -2.40. The van der Waals surface area contributed by atoms with Crippen molar-refractivity contribution >= 4 is 11.8 Å². The van der Waals surface area contributed by atoms with Crippen molar-refractivity contribution in [3.05, 3.63) is 71.3 Å². The zero-order valence-electron chi connectivity index (χ0n) is 14.9. The molecule has 0 aromatic heterocycles. The number of hydrogen-bond donors (Lipinski definition) is 0. The van der Waals surface area contributed by atoms with Crippen LogP contribution in [0.25, 0.3) is 0 Å². The topological polar surface area (TPSA) is 40.6 Å². The normalized spacial score (nSPS) is 19.5. The smallest absolute Gasteiger partial charge is 0.228 e. The van der Waals surface area contributed by atoms with E-state index < -0.39 is 0 Å². The van der Waals surface area contributed by atoms with Crippen LogP contribution in [0.1, 0.15) is 23.1 Å². The van der Waals surface area contributed by atoms with Crippen molar-refractivity contribution in [3.8, 4) is 0 Å². The van der Waals surface area contributed by atoms with Gasteiger partial charge in [-0.05, 0) is 29.5 Å². The molecule has 1 saturated heterocycles. The minimum Gasteiger partial charge on any atom is -0.342 e. The van der Waals surface area contributed by atoms with Crippen LogP contribution in [0.3, 0.4) is 0 Å². The molecule has 0 radical (unpaired) electrons. The molecule has 0 aliphatic carbocycles. The fourth-order valence-corrected chi connectivity index (χ4v) is 4.00. The monoisotopic (exact) mass is 348 g/mol. The molecule has 1 atom stereocenters. The number of carbonyl (C=O) groups is 2. The Balaban J connectivity index is 1.35. The van der Waals surface area contributed by atoms with Crippen LogP contribution in [0, 0.1) is 5.92 Å². The molecule has 0 bridgehead atoms. The van der Waals surface area contributed by atoms with Gasteiger partial charge in [0, 0.05) is 32.6 Å². The second kappa shape index (κ2) is 7.32. The van der Waals surface area contributed by atoms with E-state index in [4.69, 9.17) is 0 Å². The van der Waals surface area contributed by atoms with Crippen LogP contribution in [0.15, 0.2) is 54.6 Å². The number of carbonyl (C=O) groups excluding carboxylic acids is 2. The minimum absolute atomic E-state index is 0.108. The number of fused-ring (bicyclic) bond motifs is 1. The van der Waals surface area contributed by atoms with E-state index in [9.17, 15) is 9.59 Å². The van der Waals surface area contributed by atoms with Gasteiger partial charge in [-0.2, -0.15) is 0 Å². The van der Waals surface area contributed by atoms with Gasteiger partial charge in [-0.3, -0.25) is 9.59 Å². The molecule has 26 heavy (non-hydrogen) atoms. The molecule has 0 saturated carbocycles. The van der Waals surface area contributed by atoms with E-state index in [1.165, 1.54) is 16.7 Å². The van der Waals surface area contributed by atoms with Crippen molar-refractivity contribution in [3.63, 3.8) is 0 Å². The summed E-state index contributed by atoms with van der Waals surface area (Å²) >= 11 is 0. The molecular weight excluding hydrogens is 324 g/mol.